The first-order valence-electron chi connectivity index (χ1n) is 7.72. The van der Waals surface area contributed by atoms with E-state index in [2.05, 4.69) is 12.1 Å². The number of hydrogen-bond acceptors (Lipinski definition) is 3. The van der Waals surface area contributed by atoms with Crippen LogP contribution in [0.2, 0.25) is 0 Å². The van der Waals surface area contributed by atoms with E-state index in [1.54, 1.807) is 4.90 Å². The van der Waals surface area contributed by atoms with Crippen molar-refractivity contribution < 1.29 is 9.53 Å². The summed E-state index contributed by atoms with van der Waals surface area (Å²) < 4.78 is 7.07. The maximum Gasteiger partial charge on any atom is 0.409 e. The van der Waals surface area contributed by atoms with E-state index in [9.17, 15) is 4.79 Å². The number of amides is 1. The van der Waals surface area contributed by atoms with Crippen LogP contribution in [0.25, 0.3) is 11.3 Å². The summed E-state index contributed by atoms with van der Waals surface area (Å²) in [5.74, 6) is 0. The number of hydrogen-bond donors (Lipinski definition) is 0. The third kappa shape index (κ3) is 2.71. The average Bonchev–Trinajstić information content (AvgIpc) is 2.72. The number of benzene rings is 1. The number of ether oxygens (including phenoxy) is 1. The van der Waals surface area contributed by atoms with Crippen molar-refractivity contribution in [2.24, 2.45) is 7.05 Å². The lowest BCUT2D eigenvalue weighted by molar-refractivity contribution is 0.109. The van der Waals surface area contributed by atoms with Crippen molar-refractivity contribution in [2.45, 2.75) is 19.8 Å². The lowest BCUT2D eigenvalue weighted by Gasteiger charge is -2.19. The Kier molecular flexibility index (Phi) is 4.13. The highest BCUT2D eigenvalue weighted by atomic mass is 16.6. The summed E-state index contributed by atoms with van der Waals surface area (Å²) in [4.78, 5) is 13.7. The van der Waals surface area contributed by atoms with Crippen molar-refractivity contribution in [3.05, 3.63) is 41.6 Å². The first-order valence-corrected chi connectivity index (χ1v) is 7.72. The minimum absolute atomic E-state index is 0.218. The number of rotatable bonds is 2. The highest BCUT2D eigenvalue weighted by Gasteiger charge is 2.24. The average molecular weight is 299 g/mol. The molecule has 0 N–H and O–H groups in total. The Morgan fingerprint density at radius 2 is 1.95 bits per heavy atom. The molecule has 2 heterocycles. The van der Waals surface area contributed by atoms with Crippen molar-refractivity contribution in [3.8, 4) is 11.3 Å². The Morgan fingerprint density at radius 1 is 1.23 bits per heavy atom. The molecular weight excluding hydrogens is 278 g/mol. The van der Waals surface area contributed by atoms with Crippen LogP contribution < -0.4 is 0 Å². The van der Waals surface area contributed by atoms with Crippen molar-refractivity contribution in [1.82, 2.24) is 14.7 Å². The third-order valence-electron chi connectivity index (χ3n) is 4.10. The van der Waals surface area contributed by atoms with Crippen LogP contribution >= 0.6 is 0 Å². The molecule has 1 aromatic heterocycles. The zero-order valence-corrected chi connectivity index (χ0v) is 13.1. The van der Waals surface area contributed by atoms with Crippen LogP contribution in [0.5, 0.6) is 0 Å². The number of carbonyl (C=O) groups is 1. The molecule has 0 saturated heterocycles. The number of nitrogens with zero attached hydrogens (tertiary/aromatic N) is 3. The van der Waals surface area contributed by atoms with Gasteiger partial charge in [-0.2, -0.15) is 5.10 Å². The van der Waals surface area contributed by atoms with Crippen molar-refractivity contribution in [3.63, 3.8) is 0 Å². The van der Waals surface area contributed by atoms with Crippen molar-refractivity contribution in [1.29, 1.82) is 0 Å². The zero-order valence-electron chi connectivity index (χ0n) is 13.1. The van der Waals surface area contributed by atoms with Gasteiger partial charge in [0.15, 0.2) is 0 Å². The van der Waals surface area contributed by atoms with Gasteiger partial charge < -0.3 is 9.64 Å². The van der Waals surface area contributed by atoms with Gasteiger partial charge >= 0.3 is 6.09 Å². The van der Waals surface area contributed by atoms with Crippen molar-refractivity contribution in [2.75, 3.05) is 19.7 Å². The summed E-state index contributed by atoms with van der Waals surface area (Å²) in [5, 5.41) is 4.69. The smallest absolute Gasteiger partial charge is 0.409 e. The predicted octanol–water partition coefficient (Wildman–Crippen LogP) is 2.64. The maximum absolute atomic E-state index is 11.9. The molecule has 5 nitrogen and oxygen atoms in total. The maximum atomic E-state index is 11.9. The second-order valence-electron chi connectivity index (χ2n) is 5.45. The van der Waals surface area contributed by atoms with Gasteiger partial charge in [-0.3, -0.25) is 4.68 Å². The van der Waals surface area contributed by atoms with E-state index in [0.29, 0.717) is 19.7 Å². The fraction of sp³-hybridized carbons (Fsp3) is 0.412. The summed E-state index contributed by atoms with van der Waals surface area (Å²) in [6.45, 7) is 3.61. The normalized spacial score (nSPS) is 14.4. The summed E-state index contributed by atoms with van der Waals surface area (Å²) in [5.41, 5.74) is 4.62. The Morgan fingerprint density at radius 3 is 2.68 bits per heavy atom. The molecule has 1 aromatic carbocycles. The largest absolute Gasteiger partial charge is 0.450 e. The van der Waals surface area contributed by atoms with Crippen LogP contribution in [0.4, 0.5) is 4.79 Å². The third-order valence-corrected chi connectivity index (χ3v) is 4.10. The summed E-state index contributed by atoms with van der Waals surface area (Å²) in [6.07, 6.45) is 1.40. The van der Waals surface area contributed by atoms with Gasteiger partial charge in [0.1, 0.15) is 0 Å². The molecule has 1 aliphatic rings. The Bertz CT molecular complexity index is 664. The minimum Gasteiger partial charge on any atom is -0.450 e. The van der Waals surface area contributed by atoms with Gasteiger partial charge in [0.05, 0.1) is 12.3 Å². The monoisotopic (exact) mass is 299 g/mol. The van der Waals surface area contributed by atoms with Gasteiger partial charge in [-0.05, 0) is 13.3 Å². The minimum atomic E-state index is -0.218. The molecule has 0 spiro atoms. The number of carbonyl (C=O) groups excluding carboxylic acids is 1. The molecule has 1 amide bonds. The van der Waals surface area contributed by atoms with Gasteiger partial charge in [-0.25, -0.2) is 4.79 Å². The van der Waals surface area contributed by atoms with Crippen LogP contribution in [0.15, 0.2) is 30.3 Å². The summed E-state index contributed by atoms with van der Waals surface area (Å²) >= 11 is 0. The van der Waals surface area contributed by atoms with Crippen LogP contribution in [0.1, 0.15) is 18.2 Å². The van der Waals surface area contributed by atoms with Crippen LogP contribution in [-0.2, 0) is 24.6 Å². The molecule has 0 fully saturated rings. The summed E-state index contributed by atoms with van der Waals surface area (Å²) in [7, 11) is 1.98. The molecule has 3 rings (SSSR count). The standard InChI is InChI=1S/C17H21N3O2/c1-3-22-17(21)20-11-9-14-15(10-12-20)19(2)18-16(14)13-7-5-4-6-8-13/h4-8H,3,9-12H2,1-2H3. The van der Waals surface area contributed by atoms with Gasteiger partial charge in [0.25, 0.3) is 0 Å². The Hall–Kier alpha value is -2.30. The zero-order chi connectivity index (χ0) is 15.5. The first-order chi connectivity index (χ1) is 10.7. The van der Waals surface area contributed by atoms with Crippen LogP contribution in [0, 0.1) is 0 Å². The summed E-state index contributed by atoms with van der Waals surface area (Å²) in [6, 6.07) is 10.2. The molecule has 116 valence electrons. The molecule has 0 unspecified atom stereocenters. The van der Waals surface area contributed by atoms with E-state index >= 15 is 0 Å². The van der Waals surface area contributed by atoms with E-state index < -0.39 is 0 Å². The molecule has 22 heavy (non-hydrogen) atoms. The topological polar surface area (TPSA) is 47.4 Å². The fourth-order valence-electron chi connectivity index (χ4n) is 3.00. The first kappa shape index (κ1) is 14.6. The molecule has 0 bridgehead atoms. The Labute approximate surface area is 130 Å². The van der Waals surface area contributed by atoms with Gasteiger partial charge in [0, 0.05) is 43.4 Å². The van der Waals surface area contributed by atoms with E-state index in [1.165, 1.54) is 11.3 Å². The molecule has 1 aliphatic heterocycles. The van der Waals surface area contributed by atoms with E-state index in [1.807, 2.05) is 36.9 Å². The second kappa shape index (κ2) is 6.22. The molecule has 0 saturated carbocycles. The lowest BCUT2D eigenvalue weighted by atomic mass is 10.0. The van der Waals surface area contributed by atoms with Gasteiger partial charge in [0.2, 0.25) is 0 Å². The fourth-order valence-corrected chi connectivity index (χ4v) is 3.00. The molecular formula is C17H21N3O2. The molecule has 0 aliphatic carbocycles. The highest BCUT2D eigenvalue weighted by Crippen LogP contribution is 2.27. The van der Waals surface area contributed by atoms with E-state index in [-0.39, 0.29) is 6.09 Å². The predicted molar refractivity (Wildman–Crippen MR) is 84.6 cm³/mol. The molecule has 0 atom stereocenters. The van der Waals surface area contributed by atoms with E-state index in [0.717, 1.165) is 24.1 Å². The lowest BCUT2D eigenvalue weighted by Crippen LogP contribution is -2.34. The van der Waals surface area contributed by atoms with Gasteiger partial charge in [-0.15, -0.1) is 0 Å². The van der Waals surface area contributed by atoms with Crippen molar-refractivity contribution >= 4 is 6.09 Å². The van der Waals surface area contributed by atoms with Crippen LogP contribution in [-0.4, -0.2) is 40.5 Å². The molecule has 2 aromatic rings. The van der Waals surface area contributed by atoms with Gasteiger partial charge in [-0.1, -0.05) is 30.3 Å². The van der Waals surface area contributed by atoms with E-state index in [4.69, 9.17) is 9.84 Å². The number of aromatic nitrogens is 2. The number of aryl methyl sites for hydroxylation is 1. The second-order valence-corrected chi connectivity index (χ2v) is 5.45. The van der Waals surface area contributed by atoms with Crippen LogP contribution in [0.3, 0.4) is 0 Å². The molecule has 5 heteroatoms. The molecule has 0 radical (unpaired) electrons. The SMILES string of the molecule is CCOC(=O)N1CCc2c(-c3ccccc3)nn(C)c2CC1. The Balaban J connectivity index is 1.88. The quantitative estimate of drug-likeness (QED) is 0.856. The number of fused-ring (bicyclic) bond motifs is 1. The highest BCUT2D eigenvalue weighted by molar-refractivity contribution is 5.69.